The van der Waals surface area contributed by atoms with Crippen LogP contribution in [0.1, 0.15) is 26.3 Å². The summed E-state index contributed by atoms with van der Waals surface area (Å²) in [5.74, 6) is 0.400. The largest absolute Gasteiger partial charge is 0.325 e. The van der Waals surface area contributed by atoms with Gasteiger partial charge in [0.15, 0.2) is 5.82 Å². The molecule has 2 heterocycles. The first-order valence-electron chi connectivity index (χ1n) is 9.80. The molecular formula is C20H25N5O3S3. The van der Waals surface area contributed by atoms with E-state index >= 15 is 0 Å². The predicted octanol–water partition coefficient (Wildman–Crippen LogP) is 3.99. The molecule has 0 aliphatic carbocycles. The molecule has 0 saturated heterocycles. The number of anilines is 1. The third-order valence-electron chi connectivity index (χ3n) is 4.65. The third-order valence-corrected chi connectivity index (χ3v) is 8.68. The second kappa shape index (κ2) is 9.94. The number of hydrogen-bond donors (Lipinski definition) is 2. The van der Waals surface area contributed by atoms with E-state index in [9.17, 15) is 13.2 Å². The maximum Gasteiger partial charge on any atom is 0.243 e. The number of aromatic amines is 1. The maximum atomic E-state index is 12.9. The fraction of sp³-hybridized carbons (Fsp3) is 0.350. The molecule has 0 bridgehead atoms. The van der Waals surface area contributed by atoms with Crippen molar-refractivity contribution >= 4 is 44.7 Å². The van der Waals surface area contributed by atoms with Crippen LogP contribution in [0.25, 0.3) is 10.7 Å². The minimum Gasteiger partial charge on any atom is -0.325 e. The Labute approximate surface area is 190 Å². The Morgan fingerprint density at radius 1 is 1.29 bits per heavy atom. The zero-order chi connectivity index (χ0) is 22.6. The lowest BCUT2D eigenvalue weighted by atomic mass is 10.2. The molecule has 2 aromatic heterocycles. The molecule has 31 heavy (non-hydrogen) atoms. The van der Waals surface area contributed by atoms with E-state index in [1.165, 1.54) is 22.1 Å². The first kappa shape index (κ1) is 23.5. The molecule has 166 valence electrons. The number of aromatic nitrogens is 3. The van der Waals surface area contributed by atoms with Gasteiger partial charge in [0.25, 0.3) is 0 Å². The summed E-state index contributed by atoms with van der Waals surface area (Å²) in [6.07, 6.45) is 0. The van der Waals surface area contributed by atoms with Crippen LogP contribution in [0.3, 0.4) is 0 Å². The highest BCUT2D eigenvalue weighted by atomic mass is 32.2. The summed E-state index contributed by atoms with van der Waals surface area (Å²) < 4.78 is 27.2. The van der Waals surface area contributed by atoms with Crippen LogP contribution in [0.4, 0.5) is 5.69 Å². The molecule has 8 nitrogen and oxygen atoms in total. The summed E-state index contributed by atoms with van der Waals surface area (Å²) in [6, 6.07) is 8.79. The van der Waals surface area contributed by atoms with E-state index in [0.29, 0.717) is 35.3 Å². The second-order valence-electron chi connectivity index (χ2n) is 6.76. The van der Waals surface area contributed by atoms with Gasteiger partial charge in [0.2, 0.25) is 21.1 Å². The van der Waals surface area contributed by atoms with Crippen LogP contribution >= 0.6 is 23.1 Å². The van der Waals surface area contributed by atoms with E-state index in [0.717, 1.165) is 4.88 Å². The van der Waals surface area contributed by atoms with Gasteiger partial charge in [-0.1, -0.05) is 37.7 Å². The zero-order valence-corrected chi connectivity index (χ0v) is 20.2. The molecule has 1 unspecified atom stereocenters. The number of amides is 1. The minimum absolute atomic E-state index is 0.198. The molecule has 0 fully saturated rings. The molecule has 0 aliphatic rings. The van der Waals surface area contributed by atoms with Crippen LogP contribution < -0.4 is 5.32 Å². The molecule has 1 aromatic carbocycles. The Kier molecular flexibility index (Phi) is 7.52. The summed E-state index contributed by atoms with van der Waals surface area (Å²) >= 11 is 2.78. The van der Waals surface area contributed by atoms with E-state index in [2.05, 4.69) is 20.5 Å². The predicted molar refractivity (Wildman–Crippen MR) is 125 cm³/mol. The highest BCUT2D eigenvalue weighted by Gasteiger charge is 2.25. The normalized spacial score (nSPS) is 12.8. The van der Waals surface area contributed by atoms with Crippen LogP contribution in [0.5, 0.6) is 0 Å². The summed E-state index contributed by atoms with van der Waals surface area (Å²) in [5.41, 5.74) is 1.07. The van der Waals surface area contributed by atoms with Gasteiger partial charge in [-0.15, -0.1) is 16.4 Å². The number of nitrogens with one attached hydrogen (secondary N) is 2. The summed E-state index contributed by atoms with van der Waals surface area (Å²) in [7, 11) is -3.62. The van der Waals surface area contributed by atoms with Crippen molar-refractivity contribution in [3.8, 4) is 10.7 Å². The SMILES string of the molecule is CCN(CC)S(=O)(=O)c1cc(NC(=O)C(C)Sc2n[nH]c(-c3cccs3)n2)ccc1C. The topological polar surface area (TPSA) is 108 Å². The molecule has 2 N–H and O–H groups in total. The standard InChI is InChI=1S/C20H25N5O3S3/c1-5-25(6-2)31(27,28)17-12-15(10-9-13(17)3)21-19(26)14(4)30-20-22-18(23-24-20)16-8-7-11-29-16/h7-12,14H,5-6H2,1-4H3,(H,21,26)(H,22,23,24). The molecule has 1 amide bonds. The van der Waals surface area contributed by atoms with Gasteiger partial charge in [-0.25, -0.2) is 13.4 Å². The fourth-order valence-electron chi connectivity index (χ4n) is 2.94. The maximum absolute atomic E-state index is 12.9. The monoisotopic (exact) mass is 479 g/mol. The van der Waals surface area contributed by atoms with Crippen LogP contribution in [0.2, 0.25) is 0 Å². The molecule has 11 heteroatoms. The average Bonchev–Trinajstić information content (AvgIpc) is 3.41. The number of thioether (sulfide) groups is 1. The Morgan fingerprint density at radius 3 is 2.68 bits per heavy atom. The van der Waals surface area contributed by atoms with Crippen LogP contribution in [0.15, 0.2) is 45.8 Å². The lowest BCUT2D eigenvalue weighted by Gasteiger charge is -2.20. The lowest BCUT2D eigenvalue weighted by molar-refractivity contribution is -0.115. The minimum atomic E-state index is -3.62. The number of benzene rings is 1. The Hall–Kier alpha value is -2.21. The molecule has 3 rings (SSSR count). The van der Waals surface area contributed by atoms with E-state index in [4.69, 9.17) is 0 Å². The molecule has 3 aromatic rings. The summed E-state index contributed by atoms with van der Waals surface area (Å²) in [4.78, 5) is 18.3. The number of sulfonamides is 1. The van der Waals surface area contributed by atoms with Gasteiger partial charge >= 0.3 is 0 Å². The van der Waals surface area contributed by atoms with Gasteiger partial charge < -0.3 is 5.32 Å². The van der Waals surface area contributed by atoms with Crippen molar-refractivity contribution in [2.75, 3.05) is 18.4 Å². The first-order chi connectivity index (χ1) is 14.8. The lowest BCUT2D eigenvalue weighted by Crippen LogP contribution is -2.31. The van der Waals surface area contributed by atoms with E-state index in [-0.39, 0.29) is 10.8 Å². The molecule has 0 saturated carbocycles. The highest BCUT2D eigenvalue weighted by molar-refractivity contribution is 8.00. The van der Waals surface area contributed by atoms with Crippen molar-refractivity contribution in [2.45, 2.75) is 43.0 Å². The van der Waals surface area contributed by atoms with Gasteiger partial charge in [-0.3, -0.25) is 9.89 Å². The van der Waals surface area contributed by atoms with E-state index < -0.39 is 15.3 Å². The molecule has 0 radical (unpaired) electrons. The van der Waals surface area contributed by atoms with Crippen LogP contribution in [-0.2, 0) is 14.8 Å². The average molecular weight is 480 g/mol. The first-order valence-corrected chi connectivity index (χ1v) is 13.0. The summed E-state index contributed by atoms with van der Waals surface area (Å²) in [5, 5.41) is 11.8. The summed E-state index contributed by atoms with van der Waals surface area (Å²) in [6.45, 7) is 7.86. The Morgan fingerprint density at radius 2 is 2.03 bits per heavy atom. The zero-order valence-electron chi connectivity index (χ0n) is 17.7. The molecule has 0 aliphatic heterocycles. The number of nitrogens with zero attached hydrogens (tertiary/aromatic N) is 3. The van der Waals surface area contributed by atoms with Crippen molar-refractivity contribution in [1.29, 1.82) is 0 Å². The van der Waals surface area contributed by atoms with Crippen molar-refractivity contribution < 1.29 is 13.2 Å². The van der Waals surface area contributed by atoms with E-state index in [1.54, 1.807) is 51.2 Å². The van der Waals surface area contributed by atoms with Gasteiger partial charge in [-0.2, -0.15) is 4.31 Å². The quantitative estimate of drug-likeness (QED) is 0.449. The Bertz CT molecular complexity index is 1140. The van der Waals surface area contributed by atoms with Gasteiger partial charge in [0.1, 0.15) is 0 Å². The van der Waals surface area contributed by atoms with Crippen LogP contribution in [0, 0.1) is 6.92 Å². The number of rotatable bonds is 9. The molecule has 1 atom stereocenters. The second-order valence-corrected chi connectivity index (χ2v) is 10.9. The van der Waals surface area contributed by atoms with Crippen molar-refractivity contribution in [1.82, 2.24) is 19.5 Å². The van der Waals surface area contributed by atoms with Gasteiger partial charge in [0, 0.05) is 18.8 Å². The number of H-pyrrole nitrogens is 1. The molecule has 0 spiro atoms. The number of thiophene rings is 1. The fourth-order valence-corrected chi connectivity index (χ4v) is 6.03. The van der Waals surface area contributed by atoms with Crippen LogP contribution in [-0.4, -0.2) is 52.2 Å². The number of hydrogen-bond acceptors (Lipinski definition) is 7. The van der Waals surface area contributed by atoms with E-state index in [1.807, 2.05) is 17.5 Å². The van der Waals surface area contributed by atoms with Crippen molar-refractivity contribution in [2.24, 2.45) is 0 Å². The Balaban J connectivity index is 1.71. The number of carbonyl (C=O) groups excluding carboxylic acids is 1. The highest BCUT2D eigenvalue weighted by Crippen LogP contribution is 2.27. The number of aryl methyl sites for hydroxylation is 1. The number of carbonyl (C=O) groups is 1. The van der Waals surface area contributed by atoms with Gasteiger partial charge in [-0.05, 0) is 43.0 Å². The van der Waals surface area contributed by atoms with Crippen molar-refractivity contribution in [3.63, 3.8) is 0 Å². The third kappa shape index (κ3) is 5.35. The smallest absolute Gasteiger partial charge is 0.243 e. The van der Waals surface area contributed by atoms with Crippen molar-refractivity contribution in [3.05, 3.63) is 41.3 Å². The molecular weight excluding hydrogens is 454 g/mol. The van der Waals surface area contributed by atoms with Gasteiger partial charge in [0.05, 0.1) is 15.0 Å².